The first-order chi connectivity index (χ1) is 16.0. The van der Waals surface area contributed by atoms with Gasteiger partial charge in [-0.1, -0.05) is 42.5 Å². The number of benzene rings is 2. The van der Waals surface area contributed by atoms with Gasteiger partial charge in [-0.2, -0.15) is 5.10 Å². The van der Waals surface area contributed by atoms with Gasteiger partial charge in [0.2, 0.25) is 11.8 Å². The Morgan fingerprint density at radius 2 is 1.91 bits per heavy atom. The Labute approximate surface area is 189 Å². The predicted octanol–water partition coefficient (Wildman–Crippen LogP) is 1.77. The number of hydrogen-bond acceptors (Lipinski definition) is 5. The van der Waals surface area contributed by atoms with Crippen molar-refractivity contribution < 1.29 is 19.2 Å². The van der Waals surface area contributed by atoms with Crippen LogP contribution in [-0.2, 0) is 22.7 Å². The van der Waals surface area contributed by atoms with E-state index in [-0.39, 0.29) is 30.7 Å². The third kappa shape index (κ3) is 4.00. The van der Waals surface area contributed by atoms with Crippen molar-refractivity contribution in [3.63, 3.8) is 0 Å². The Morgan fingerprint density at radius 1 is 1.09 bits per heavy atom. The first-order valence-electron chi connectivity index (χ1n) is 10.6. The van der Waals surface area contributed by atoms with E-state index in [0.29, 0.717) is 29.9 Å². The number of carbonyl (C=O) groups is 4. The van der Waals surface area contributed by atoms with Crippen molar-refractivity contribution in [2.24, 2.45) is 0 Å². The van der Waals surface area contributed by atoms with Gasteiger partial charge in [0.25, 0.3) is 11.8 Å². The molecule has 0 aliphatic carbocycles. The van der Waals surface area contributed by atoms with Crippen LogP contribution in [0.25, 0.3) is 11.3 Å². The van der Waals surface area contributed by atoms with Crippen molar-refractivity contribution in [3.05, 3.63) is 77.0 Å². The molecule has 5 rings (SSSR count). The van der Waals surface area contributed by atoms with Crippen LogP contribution in [0.3, 0.4) is 0 Å². The monoisotopic (exact) mass is 443 g/mol. The number of carbonyl (C=O) groups excluding carboxylic acids is 4. The number of hydrogen-bond donors (Lipinski definition) is 3. The summed E-state index contributed by atoms with van der Waals surface area (Å²) in [7, 11) is 0. The number of piperidine rings is 1. The van der Waals surface area contributed by atoms with Crippen LogP contribution < -0.4 is 10.6 Å². The van der Waals surface area contributed by atoms with E-state index in [9.17, 15) is 19.2 Å². The molecule has 2 aromatic carbocycles. The smallest absolute Gasteiger partial charge is 0.269 e. The Hall–Kier alpha value is -4.27. The molecular weight excluding hydrogens is 422 g/mol. The van der Waals surface area contributed by atoms with Crippen LogP contribution in [-0.4, -0.2) is 44.8 Å². The fourth-order valence-electron chi connectivity index (χ4n) is 4.21. The number of H-pyrrole nitrogens is 1. The van der Waals surface area contributed by atoms with Gasteiger partial charge in [-0.15, -0.1) is 0 Å². The van der Waals surface area contributed by atoms with Crippen molar-refractivity contribution in [1.82, 2.24) is 25.7 Å². The van der Waals surface area contributed by atoms with Gasteiger partial charge in [-0.25, -0.2) is 0 Å². The fourth-order valence-corrected chi connectivity index (χ4v) is 4.21. The van der Waals surface area contributed by atoms with Crippen LogP contribution in [0, 0.1) is 0 Å². The molecule has 1 fully saturated rings. The number of nitrogens with zero attached hydrogens (tertiary/aromatic N) is 2. The molecule has 0 saturated carbocycles. The lowest BCUT2D eigenvalue weighted by molar-refractivity contribution is -0.136. The number of aromatic amines is 1. The predicted molar refractivity (Wildman–Crippen MR) is 118 cm³/mol. The van der Waals surface area contributed by atoms with E-state index in [1.54, 1.807) is 18.2 Å². The number of fused-ring (bicyclic) bond motifs is 1. The maximum atomic E-state index is 12.8. The maximum Gasteiger partial charge on any atom is 0.269 e. The van der Waals surface area contributed by atoms with Gasteiger partial charge in [0.1, 0.15) is 11.7 Å². The van der Waals surface area contributed by atoms with Crippen molar-refractivity contribution in [3.8, 4) is 11.3 Å². The van der Waals surface area contributed by atoms with Gasteiger partial charge in [0, 0.05) is 30.6 Å². The lowest BCUT2D eigenvalue weighted by Gasteiger charge is -2.29. The SMILES string of the molecule is O=C1CCC(N2Cc3cc(CNC(=O)c4cc(-c5ccccc5)n[nH]4)ccc3C2=O)C(=O)N1. The lowest BCUT2D eigenvalue weighted by Crippen LogP contribution is -2.52. The van der Waals surface area contributed by atoms with Crippen molar-refractivity contribution >= 4 is 23.6 Å². The average Bonchev–Trinajstić information content (AvgIpc) is 3.44. The van der Waals surface area contributed by atoms with E-state index in [0.717, 1.165) is 16.7 Å². The molecule has 9 nitrogen and oxygen atoms in total. The van der Waals surface area contributed by atoms with Crippen molar-refractivity contribution in [1.29, 1.82) is 0 Å². The Kier molecular flexibility index (Phi) is 5.21. The summed E-state index contributed by atoms with van der Waals surface area (Å²) < 4.78 is 0. The van der Waals surface area contributed by atoms with E-state index in [2.05, 4.69) is 20.8 Å². The van der Waals surface area contributed by atoms with Crippen LogP contribution in [0.4, 0.5) is 0 Å². The highest BCUT2D eigenvalue weighted by atomic mass is 16.2. The Bertz CT molecular complexity index is 1270. The molecule has 0 radical (unpaired) electrons. The summed E-state index contributed by atoms with van der Waals surface area (Å²) >= 11 is 0. The maximum absolute atomic E-state index is 12.8. The van der Waals surface area contributed by atoms with E-state index in [1.165, 1.54) is 4.90 Å². The molecule has 0 bridgehead atoms. The molecule has 0 spiro atoms. The number of amides is 4. The van der Waals surface area contributed by atoms with Crippen LogP contribution >= 0.6 is 0 Å². The molecule has 166 valence electrons. The average molecular weight is 443 g/mol. The molecule has 1 unspecified atom stereocenters. The molecule has 3 N–H and O–H groups in total. The molecule has 9 heteroatoms. The number of rotatable bonds is 5. The van der Waals surface area contributed by atoms with Crippen LogP contribution in [0.2, 0.25) is 0 Å². The second-order valence-electron chi connectivity index (χ2n) is 8.11. The molecule has 33 heavy (non-hydrogen) atoms. The molecule has 1 aromatic heterocycles. The third-order valence-electron chi connectivity index (χ3n) is 5.93. The molecule has 3 aromatic rings. The summed E-state index contributed by atoms with van der Waals surface area (Å²) in [6, 6.07) is 16.0. The first-order valence-corrected chi connectivity index (χ1v) is 10.6. The minimum absolute atomic E-state index is 0.216. The first kappa shape index (κ1) is 20.6. The van der Waals surface area contributed by atoms with E-state index in [1.807, 2.05) is 36.4 Å². The minimum atomic E-state index is -0.648. The van der Waals surface area contributed by atoms with Gasteiger partial charge in [-0.05, 0) is 29.7 Å². The van der Waals surface area contributed by atoms with Crippen molar-refractivity contribution in [2.75, 3.05) is 0 Å². The van der Waals surface area contributed by atoms with Crippen LogP contribution in [0.1, 0.15) is 44.8 Å². The quantitative estimate of drug-likeness (QED) is 0.519. The zero-order valence-corrected chi connectivity index (χ0v) is 17.6. The molecule has 2 aliphatic rings. The summed E-state index contributed by atoms with van der Waals surface area (Å²) in [6.45, 7) is 0.571. The summed E-state index contributed by atoms with van der Waals surface area (Å²) in [5.41, 5.74) is 4.12. The summed E-state index contributed by atoms with van der Waals surface area (Å²) in [5, 5.41) is 12.1. The van der Waals surface area contributed by atoms with Gasteiger partial charge >= 0.3 is 0 Å². The van der Waals surface area contributed by atoms with Crippen molar-refractivity contribution in [2.45, 2.75) is 32.0 Å². The van der Waals surface area contributed by atoms with E-state index in [4.69, 9.17) is 0 Å². The Morgan fingerprint density at radius 3 is 2.70 bits per heavy atom. The topological polar surface area (TPSA) is 124 Å². The molecule has 3 heterocycles. The molecule has 1 saturated heterocycles. The highest BCUT2D eigenvalue weighted by Crippen LogP contribution is 2.28. The summed E-state index contributed by atoms with van der Waals surface area (Å²) in [4.78, 5) is 50.4. The molecule has 2 aliphatic heterocycles. The fraction of sp³-hybridized carbons (Fsp3) is 0.208. The zero-order chi connectivity index (χ0) is 22.9. The van der Waals surface area contributed by atoms with Gasteiger partial charge < -0.3 is 10.2 Å². The minimum Gasteiger partial charge on any atom is -0.347 e. The number of imide groups is 1. The normalized spacial score (nSPS) is 17.6. The highest BCUT2D eigenvalue weighted by molar-refractivity contribution is 6.05. The molecule has 4 amide bonds. The van der Waals surface area contributed by atoms with Crippen LogP contribution in [0.5, 0.6) is 0 Å². The summed E-state index contributed by atoms with van der Waals surface area (Å²) in [5.74, 6) is -1.26. The number of aromatic nitrogens is 2. The van der Waals surface area contributed by atoms with Crippen LogP contribution in [0.15, 0.2) is 54.6 Å². The summed E-state index contributed by atoms with van der Waals surface area (Å²) in [6.07, 6.45) is 0.538. The highest BCUT2D eigenvalue weighted by Gasteiger charge is 2.39. The third-order valence-corrected chi connectivity index (χ3v) is 5.93. The molecular formula is C24H21N5O4. The molecule has 1 atom stereocenters. The standard InChI is InChI=1S/C24H21N5O4/c30-21-9-8-20(23(32)26-21)29-13-16-10-14(6-7-17(16)24(29)33)12-25-22(31)19-11-18(27-28-19)15-4-2-1-3-5-15/h1-7,10-11,20H,8-9,12-13H2,(H,25,31)(H,27,28)(H,26,30,32). The van der Waals surface area contributed by atoms with E-state index >= 15 is 0 Å². The second-order valence-corrected chi connectivity index (χ2v) is 8.11. The largest absolute Gasteiger partial charge is 0.347 e. The zero-order valence-electron chi connectivity index (χ0n) is 17.6. The number of nitrogens with one attached hydrogen (secondary N) is 3. The van der Waals surface area contributed by atoms with Gasteiger partial charge in [0.05, 0.1) is 5.69 Å². The Balaban J connectivity index is 1.24. The van der Waals surface area contributed by atoms with E-state index < -0.39 is 11.9 Å². The second kappa shape index (κ2) is 8.34. The lowest BCUT2D eigenvalue weighted by atomic mass is 10.0. The van der Waals surface area contributed by atoms with Gasteiger partial charge in [-0.3, -0.25) is 29.6 Å². The van der Waals surface area contributed by atoms with Gasteiger partial charge in [0.15, 0.2) is 0 Å².